The zero-order valence-electron chi connectivity index (χ0n) is 13.8. The predicted molar refractivity (Wildman–Crippen MR) is 91.1 cm³/mol. The van der Waals surface area contributed by atoms with Crippen LogP contribution in [0.1, 0.15) is 24.1 Å². The molecule has 0 unspecified atom stereocenters. The minimum absolute atomic E-state index is 0.157. The average Bonchev–Trinajstić information content (AvgIpc) is 3.32. The first-order chi connectivity index (χ1) is 12.6. The summed E-state index contributed by atoms with van der Waals surface area (Å²) in [4.78, 5) is 12.6. The second kappa shape index (κ2) is 6.37. The normalized spacial score (nSPS) is 14.8. The molecule has 1 aliphatic rings. The zero-order chi connectivity index (χ0) is 18.1. The van der Waals surface area contributed by atoms with Crippen molar-refractivity contribution in [2.75, 3.05) is 0 Å². The first-order valence-corrected chi connectivity index (χ1v) is 8.33. The summed E-state index contributed by atoms with van der Waals surface area (Å²) < 4.78 is 32.1. The van der Waals surface area contributed by atoms with E-state index in [1.165, 1.54) is 18.2 Å². The third-order valence-electron chi connectivity index (χ3n) is 4.69. The number of aromatic nitrogens is 1. The molecule has 0 bridgehead atoms. The van der Waals surface area contributed by atoms with Crippen LogP contribution in [0, 0.1) is 11.6 Å². The van der Waals surface area contributed by atoms with Crippen molar-refractivity contribution in [3.63, 3.8) is 0 Å². The van der Waals surface area contributed by atoms with Crippen LogP contribution in [0.2, 0.25) is 0 Å². The molecule has 1 heterocycles. The van der Waals surface area contributed by atoms with E-state index >= 15 is 0 Å². The monoisotopic (exact) mass is 354 g/mol. The molecule has 3 aromatic rings. The Balaban J connectivity index is 1.49. The van der Waals surface area contributed by atoms with Crippen molar-refractivity contribution >= 4 is 5.91 Å². The Labute approximate surface area is 148 Å². The number of amides is 1. The molecule has 4 rings (SSSR count). The van der Waals surface area contributed by atoms with Crippen LogP contribution in [0.3, 0.4) is 0 Å². The Kier molecular flexibility index (Phi) is 4.03. The van der Waals surface area contributed by atoms with E-state index in [9.17, 15) is 13.6 Å². The molecule has 6 heteroatoms. The molecule has 0 radical (unpaired) electrons. The van der Waals surface area contributed by atoms with Crippen LogP contribution in [0.15, 0.2) is 59.1 Å². The van der Waals surface area contributed by atoms with E-state index < -0.39 is 11.2 Å². The van der Waals surface area contributed by atoms with Crippen molar-refractivity contribution in [1.29, 1.82) is 0 Å². The van der Waals surface area contributed by atoms with Crippen LogP contribution in [0.5, 0.6) is 0 Å². The SMILES string of the molecule is O=C(NCc1ccc(F)cc1)C1(c2cc(-c3ccccc3F)on2)CC1. The maximum absolute atomic E-state index is 13.9. The van der Waals surface area contributed by atoms with Gasteiger partial charge in [-0.15, -0.1) is 0 Å². The average molecular weight is 354 g/mol. The summed E-state index contributed by atoms with van der Waals surface area (Å²) in [5.74, 6) is -0.575. The molecular formula is C20H16F2N2O2. The van der Waals surface area contributed by atoms with E-state index in [1.807, 2.05) is 0 Å². The number of carbonyl (C=O) groups excluding carboxylic acids is 1. The summed E-state index contributed by atoms with van der Waals surface area (Å²) in [6.07, 6.45) is 1.32. The maximum Gasteiger partial charge on any atom is 0.232 e. The van der Waals surface area contributed by atoms with E-state index in [1.54, 1.807) is 36.4 Å². The fourth-order valence-electron chi connectivity index (χ4n) is 2.97. The fraction of sp³-hybridized carbons (Fsp3) is 0.200. The highest BCUT2D eigenvalue weighted by molar-refractivity contribution is 5.91. The second-order valence-electron chi connectivity index (χ2n) is 6.45. The van der Waals surface area contributed by atoms with Crippen molar-refractivity contribution < 1.29 is 18.1 Å². The highest BCUT2D eigenvalue weighted by atomic mass is 19.1. The summed E-state index contributed by atoms with van der Waals surface area (Å²) in [5.41, 5.74) is 0.899. The molecule has 4 nitrogen and oxygen atoms in total. The standard InChI is InChI=1S/C20H16F2N2O2/c21-14-7-5-13(6-8-14)12-23-19(25)20(9-10-20)18-11-17(26-24-18)15-3-1-2-4-16(15)22/h1-8,11H,9-10,12H2,(H,23,25). The van der Waals surface area contributed by atoms with E-state index in [0.29, 0.717) is 36.4 Å². The van der Waals surface area contributed by atoms with E-state index in [4.69, 9.17) is 4.52 Å². The third kappa shape index (κ3) is 2.98. The summed E-state index contributed by atoms with van der Waals surface area (Å²) in [6.45, 7) is 0.304. The summed E-state index contributed by atoms with van der Waals surface area (Å²) >= 11 is 0. The lowest BCUT2D eigenvalue weighted by molar-refractivity contribution is -0.123. The number of hydrogen-bond donors (Lipinski definition) is 1. The first-order valence-electron chi connectivity index (χ1n) is 8.33. The van der Waals surface area contributed by atoms with Gasteiger partial charge < -0.3 is 9.84 Å². The van der Waals surface area contributed by atoms with Crippen LogP contribution in [-0.2, 0) is 16.8 Å². The predicted octanol–water partition coefficient (Wildman–Crippen LogP) is 3.97. The molecule has 132 valence electrons. The molecule has 26 heavy (non-hydrogen) atoms. The van der Waals surface area contributed by atoms with E-state index in [0.717, 1.165) is 5.56 Å². The van der Waals surface area contributed by atoms with Gasteiger partial charge in [-0.25, -0.2) is 8.78 Å². The largest absolute Gasteiger partial charge is 0.356 e. The fourth-order valence-corrected chi connectivity index (χ4v) is 2.97. The van der Waals surface area contributed by atoms with Crippen molar-refractivity contribution in [3.8, 4) is 11.3 Å². The van der Waals surface area contributed by atoms with Crippen LogP contribution in [-0.4, -0.2) is 11.1 Å². The van der Waals surface area contributed by atoms with Gasteiger partial charge in [0.05, 0.1) is 16.7 Å². The Hall–Kier alpha value is -3.02. The molecule has 1 N–H and O–H groups in total. The number of nitrogens with one attached hydrogen (secondary N) is 1. The van der Waals surface area contributed by atoms with Crippen molar-refractivity contribution in [2.45, 2.75) is 24.8 Å². The van der Waals surface area contributed by atoms with Crippen LogP contribution < -0.4 is 5.32 Å². The van der Waals surface area contributed by atoms with Gasteiger partial charge in [-0.1, -0.05) is 29.4 Å². The van der Waals surface area contributed by atoms with E-state index in [-0.39, 0.29) is 11.7 Å². The van der Waals surface area contributed by atoms with E-state index in [2.05, 4.69) is 10.5 Å². The van der Waals surface area contributed by atoms with Crippen molar-refractivity contribution in [1.82, 2.24) is 10.5 Å². The first kappa shape index (κ1) is 16.4. The lowest BCUT2D eigenvalue weighted by Gasteiger charge is -2.12. The number of nitrogens with zero attached hydrogens (tertiary/aromatic N) is 1. The van der Waals surface area contributed by atoms with Gasteiger partial charge in [0.25, 0.3) is 0 Å². The third-order valence-corrected chi connectivity index (χ3v) is 4.69. The number of rotatable bonds is 5. The van der Waals surface area contributed by atoms with Gasteiger partial charge >= 0.3 is 0 Å². The Morgan fingerprint density at radius 3 is 2.54 bits per heavy atom. The molecule has 1 fully saturated rings. The van der Waals surface area contributed by atoms with Gasteiger partial charge in [0.15, 0.2) is 5.76 Å². The Morgan fingerprint density at radius 1 is 1.12 bits per heavy atom. The highest BCUT2D eigenvalue weighted by Crippen LogP contribution is 2.48. The summed E-state index contributed by atoms with van der Waals surface area (Å²) in [5, 5.41) is 6.87. The zero-order valence-corrected chi connectivity index (χ0v) is 13.8. The number of halogens is 2. The van der Waals surface area contributed by atoms with Crippen LogP contribution in [0.4, 0.5) is 8.78 Å². The molecule has 0 atom stereocenters. The molecule has 0 aliphatic heterocycles. The number of carbonyl (C=O) groups is 1. The van der Waals surface area contributed by atoms with Crippen LogP contribution >= 0.6 is 0 Å². The molecular weight excluding hydrogens is 338 g/mol. The minimum atomic E-state index is -0.729. The second-order valence-corrected chi connectivity index (χ2v) is 6.45. The van der Waals surface area contributed by atoms with Gasteiger partial charge in [0.2, 0.25) is 5.91 Å². The lowest BCUT2D eigenvalue weighted by Crippen LogP contribution is -2.34. The topological polar surface area (TPSA) is 55.1 Å². The molecule has 1 aromatic heterocycles. The Bertz CT molecular complexity index is 946. The van der Waals surface area contributed by atoms with Crippen molar-refractivity contribution in [2.24, 2.45) is 0 Å². The molecule has 1 aliphatic carbocycles. The number of benzene rings is 2. The van der Waals surface area contributed by atoms with Gasteiger partial charge in [-0.3, -0.25) is 4.79 Å². The summed E-state index contributed by atoms with van der Waals surface area (Å²) in [6, 6.07) is 13.9. The van der Waals surface area contributed by atoms with Crippen molar-refractivity contribution in [3.05, 3.63) is 77.5 Å². The quantitative estimate of drug-likeness (QED) is 0.754. The van der Waals surface area contributed by atoms with Gasteiger partial charge in [-0.05, 0) is 42.7 Å². The van der Waals surface area contributed by atoms with Gasteiger partial charge in [-0.2, -0.15) is 0 Å². The number of hydrogen-bond acceptors (Lipinski definition) is 3. The molecule has 0 saturated heterocycles. The molecule has 0 spiro atoms. The lowest BCUT2D eigenvalue weighted by atomic mass is 10.00. The molecule has 1 saturated carbocycles. The molecule has 2 aromatic carbocycles. The minimum Gasteiger partial charge on any atom is -0.356 e. The van der Waals surface area contributed by atoms with Gasteiger partial charge in [0.1, 0.15) is 11.6 Å². The smallest absolute Gasteiger partial charge is 0.232 e. The van der Waals surface area contributed by atoms with Crippen LogP contribution in [0.25, 0.3) is 11.3 Å². The summed E-state index contributed by atoms with van der Waals surface area (Å²) in [7, 11) is 0. The highest BCUT2D eigenvalue weighted by Gasteiger charge is 2.53. The molecule has 1 amide bonds. The Morgan fingerprint density at radius 2 is 1.85 bits per heavy atom. The van der Waals surface area contributed by atoms with Gasteiger partial charge in [0, 0.05) is 12.6 Å². The maximum atomic E-state index is 13.9.